The summed E-state index contributed by atoms with van der Waals surface area (Å²) in [5, 5.41) is 0. The summed E-state index contributed by atoms with van der Waals surface area (Å²) >= 11 is 14.6. The zero-order valence-electron chi connectivity index (χ0n) is 15.0. The number of aromatic nitrogens is 1. The number of carbonyl (C=O) groups is 1. The van der Waals surface area contributed by atoms with Crippen molar-refractivity contribution in [3.05, 3.63) is 89.7 Å². The monoisotopic (exact) mass is 444 g/mol. The van der Waals surface area contributed by atoms with Crippen LogP contribution in [0.4, 0.5) is 0 Å². The van der Waals surface area contributed by atoms with Crippen LogP contribution in [-0.4, -0.2) is 32.7 Å². The van der Waals surface area contributed by atoms with Gasteiger partial charge in [0, 0.05) is 18.1 Å². The van der Waals surface area contributed by atoms with Crippen LogP contribution in [0.1, 0.15) is 5.69 Å². The van der Waals surface area contributed by atoms with Gasteiger partial charge in [-0.3, -0.25) is 9.79 Å². The summed E-state index contributed by atoms with van der Waals surface area (Å²) < 4.78 is -1.72. The lowest BCUT2D eigenvalue weighted by Gasteiger charge is -1.93. The first-order valence-corrected chi connectivity index (χ1v) is 9.60. The zero-order chi connectivity index (χ0) is 20.7. The third-order valence-corrected chi connectivity index (χ3v) is 3.86. The largest absolute Gasteiger partial charge is 0.362 e. The number of hydrogen-bond donors (Lipinski definition) is 1. The molecule has 1 aromatic heterocycles. The van der Waals surface area contributed by atoms with Gasteiger partial charge in [0.25, 0.3) is 0 Å². The van der Waals surface area contributed by atoms with Crippen molar-refractivity contribution in [3.8, 4) is 0 Å². The number of rotatable bonds is 3. The molecule has 29 heavy (non-hydrogen) atoms. The lowest BCUT2D eigenvalue weighted by atomic mass is 10.2. The molecule has 0 radical (unpaired) electrons. The van der Waals surface area contributed by atoms with Gasteiger partial charge in [-0.05, 0) is 66.8 Å². The van der Waals surface area contributed by atoms with Gasteiger partial charge < -0.3 is 4.98 Å². The first kappa shape index (κ1) is 21.0. The maximum atomic E-state index is 9.43. The zero-order valence-corrected chi connectivity index (χ0v) is 17.2. The number of carbonyl (C=O) groups excluding carboxylic acids is 1. The predicted molar refractivity (Wildman–Crippen MR) is 122 cm³/mol. The van der Waals surface area contributed by atoms with Crippen LogP contribution >= 0.6 is 34.8 Å². The number of hydrogen-bond acceptors (Lipinski definition) is 4. The molecule has 4 rings (SSSR count). The molecular formula is C21H15Cl3N4O. The van der Waals surface area contributed by atoms with Crippen LogP contribution in [0, 0.1) is 0 Å². The molecular weight excluding hydrogens is 431 g/mol. The van der Waals surface area contributed by atoms with Crippen LogP contribution in [-0.2, 0) is 4.79 Å². The molecule has 3 aliphatic rings. The van der Waals surface area contributed by atoms with E-state index in [9.17, 15) is 4.79 Å². The number of aliphatic imine (C=N–C) groups is 3. The molecule has 4 heterocycles. The average Bonchev–Trinajstić information content (AvgIpc) is 3.46. The van der Waals surface area contributed by atoms with Gasteiger partial charge in [-0.1, -0.05) is 34.8 Å². The fourth-order valence-electron chi connectivity index (χ4n) is 2.41. The lowest BCUT2D eigenvalue weighted by Crippen LogP contribution is -2.00. The minimum absolute atomic E-state index is 0.234. The summed E-state index contributed by atoms with van der Waals surface area (Å²) in [4.78, 5) is 25.9. The SMILES string of the molecule is C1=CC(=CC2=NC(=CC3=NC(=Cc4ccc[nH]4)C=C3)C=C2)N=C1.O=CC(Cl)(Cl)Cl. The molecule has 1 aromatic rings. The number of nitrogens with zero attached hydrogens (tertiary/aromatic N) is 3. The predicted octanol–water partition coefficient (Wildman–Crippen LogP) is 5.34. The lowest BCUT2D eigenvalue weighted by molar-refractivity contribution is -0.107. The molecule has 0 bridgehead atoms. The Bertz CT molecular complexity index is 1030. The summed E-state index contributed by atoms with van der Waals surface area (Å²) in [7, 11) is 0. The Labute approximate surface area is 182 Å². The fraction of sp³-hybridized carbons (Fsp3) is 0.0476. The van der Waals surface area contributed by atoms with Gasteiger partial charge in [-0.15, -0.1) is 0 Å². The molecule has 0 spiro atoms. The van der Waals surface area contributed by atoms with Crippen molar-refractivity contribution in [2.24, 2.45) is 15.0 Å². The first-order valence-electron chi connectivity index (χ1n) is 8.47. The smallest absolute Gasteiger partial charge is 0.245 e. The molecule has 3 aliphatic heterocycles. The third-order valence-electron chi connectivity index (χ3n) is 3.59. The van der Waals surface area contributed by atoms with E-state index in [0.717, 1.165) is 34.2 Å². The van der Waals surface area contributed by atoms with E-state index < -0.39 is 3.79 Å². The Hall–Kier alpha value is -2.73. The van der Waals surface area contributed by atoms with E-state index in [1.807, 2.05) is 73.0 Å². The van der Waals surface area contributed by atoms with E-state index >= 15 is 0 Å². The van der Waals surface area contributed by atoms with Crippen molar-refractivity contribution in [1.29, 1.82) is 0 Å². The second-order valence-corrected chi connectivity index (χ2v) is 8.24. The standard InChI is InChI=1S/C19H14N4.C2HCl3O/c1-3-14(20-9-1)11-16-5-7-18(22-16)13-19-8-6-17(23-19)12-15-4-2-10-21-15;3-2(4,5)1-6/h1-13,20H;1H. The van der Waals surface area contributed by atoms with Crippen molar-refractivity contribution in [2.75, 3.05) is 0 Å². The van der Waals surface area contributed by atoms with Gasteiger partial charge in [-0.25, -0.2) is 9.98 Å². The van der Waals surface area contributed by atoms with Gasteiger partial charge in [0.1, 0.15) is 0 Å². The molecule has 1 N–H and O–H groups in total. The highest BCUT2D eigenvalue weighted by atomic mass is 35.6. The highest BCUT2D eigenvalue weighted by Crippen LogP contribution is 2.21. The highest BCUT2D eigenvalue weighted by Gasteiger charge is 2.16. The van der Waals surface area contributed by atoms with Gasteiger partial charge in [0.15, 0.2) is 6.29 Å². The maximum absolute atomic E-state index is 9.43. The van der Waals surface area contributed by atoms with E-state index in [1.54, 1.807) is 6.21 Å². The van der Waals surface area contributed by atoms with Crippen molar-refractivity contribution in [1.82, 2.24) is 4.98 Å². The van der Waals surface area contributed by atoms with E-state index in [-0.39, 0.29) is 6.29 Å². The summed E-state index contributed by atoms with van der Waals surface area (Å²) in [5.74, 6) is 0. The van der Waals surface area contributed by atoms with Crippen LogP contribution in [0.2, 0.25) is 0 Å². The Balaban J connectivity index is 0.000000353. The molecule has 0 aliphatic carbocycles. The van der Waals surface area contributed by atoms with E-state index in [1.165, 1.54) is 0 Å². The number of aromatic amines is 1. The number of allylic oxidation sites excluding steroid dienone is 8. The quantitative estimate of drug-likeness (QED) is 0.495. The van der Waals surface area contributed by atoms with Gasteiger partial charge in [0.2, 0.25) is 3.79 Å². The number of nitrogens with one attached hydrogen (secondary N) is 1. The topological polar surface area (TPSA) is 69.9 Å². The Morgan fingerprint density at radius 2 is 1.48 bits per heavy atom. The van der Waals surface area contributed by atoms with Crippen molar-refractivity contribution >= 4 is 64.8 Å². The van der Waals surface area contributed by atoms with Gasteiger partial charge in [0.05, 0.1) is 28.5 Å². The summed E-state index contributed by atoms with van der Waals surface area (Å²) in [6.45, 7) is 0. The number of halogens is 3. The van der Waals surface area contributed by atoms with Gasteiger partial charge >= 0.3 is 0 Å². The van der Waals surface area contributed by atoms with Crippen LogP contribution < -0.4 is 0 Å². The Morgan fingerprint density at radius 3 is 2.00 bits per heavy atom. The van der Waals surface area contributed by atoms with E-state index in [0.29, 0.717) is 0 Å². The number of aldehydes is 1. The average molecular weight is 446 g/mol. The second-order valence-electron chi connectivity index (χ2n) is 5.87. The number of alkyl halides is 3. The van der Waals surface area contributed by atoms with Crippen molar-refractivity contribution < 1.29 is 4.79 Å². The molecule has 0 atom stereocenters. The second kappa shape index (κ2) is 9.65. The van der Waals surface area contributed by atoms with E-state index in [2.05, 4.69) is 20.0 Å². The number of H-pyrrole nitrogens is 1. The molecule has 8 heteroatoms. The van der Waals surface area contributed by atoms with Crippen LogP contribution in [0.5, 0.6) is 0 Å². The Morgan fingerprint density at radius 1 is 0.862 bits per heavy atom. The summed E-state index contributed by atoms with van der Waals surface area (Å²) in [6.07, 6.45) is 21.7. The van der Waals surface area contributed by atoms with E-state index in [4.69, 9.17) is 34.8 Å². The van der Waals surface area contributed by atoms with Crippen LogP contribution in [0.15, 0.2) is 99.0 Å². The molecule has 0 amide bonds. The molecule has 0 fully saturated rings. The Kier molecular flexibility index (Phi) is 6.99. The van der Waals surface area contributed by atoms with Crippen molar-refractivity contribution in [2.45, 2.75) is 3.79 Å². The van der Waals surface area contributed by atoms with Crippen LogP contribution in [0.25, 0.3) is 6.08 Å². The normalized spacial score (nSPS) is 21.1. The molecule has 0 saturated heterocycles. The highest BCUT2D eigenvalue weighted by molar-refractivity contribution is 6.74. The molecule has 146 valence electrons. The van der Waals surface area contributed by atoms with Crippen molar-refractivity contribution in [3.63, 3.8) is 0 Å². The van der Waals surface area contributed by atoms with Crippen LogP contribution in [0.3, 0.4) is 0 Å². The van der Waals surface area contributed by atoms with Gasteiger partial charge in [-0.2, -0.15) is 0 Å². The summed E-state index contributed by atoms with van der Waals surface area (Å²) in [6, 6.07) is 3.98. The molecule has 0 saturated carbocycles. The maximum Gasteiger partial charge on any atom is 0.245 e. The fourth-order valence-corrected chi connectivity index (χ4v) is 2.41. The molecule has 5 nitrogen and oxygen atoms in total. The third kappa shape index (κ3) is 6.98. The molecule has 0 aromatic carbocycles. The molecule has 0 unspecified atom stereocenters. The minimum atomic E-state index is -1.72. The minimum Gasteiger partial charge on any atom is -0.362 e. The first-order chi connectivity index (χ1) is 13.9. The summed E-state index contributed by atoms with van der Waals surface area (Å²) in [5.41, 5.74) is 5.59.